The Morgan fingerprint density at radius 3 is 2.70 bits per heavy atom. The number of amides is 1. The third-order valence-corrected chi connectivity index (χ3v) is 7.69. The minimum absolute atomic E-state index is 0.0381. The number of aryl methyl sites for hydroxylation is 1. The standard InChI is InChI=1S/C20H26FN5O3S/c21-16-7-9-17(10-8-16)30(28,29)25-11-4-5-15(14-25)20(27)22-13-19-24-23-18-6-2-1-3-12-26(18)19/h7-10,15H,1-6,11-14H2,(H,22,27). The van der Waals surface area contributed by atoms with Crippen LogP contribution in [0, 0.1) is 11.7 Å². The van der Waals surface area contributed by atoms with Gasteiger partial charge < -0.3 is 9.88 Å². The molecule has 10 heteroatoms. The van der Waals surface area contributed by atoms with E-state index in [0.717, 1.165) is 56.0 Å². The quantitative estimate of drug-likeness (QED) is 0.773. The number of carbonyl (C=O) groups excluding carboxylic acids is 1. The Balaban J connectivity index is 1.39. The van der Waals surface area contributed by atoms with Gasteiger partial charge in [0.2, 0.25) is 15.9 Å². The fourth-order valence-electron chi connectivity index (χ4n) is 4.12. The number of benzene rings is 1. The van der Waals surface area contributed by atoms with E-state index in [-0.39, 0.29) is 23.9 Å². The predicted octanol–water partition coefficient (Wildman–Crippen LogP) is 1.86. The monoisotopic (exact) mass is 435 g/mol. The Morgan fingerprint density at radius 1 is 1.10 bits per heavy atom. The third kappa shape index (κ3) is 4.39. The lowest BCUT2D eigenvalue weighted by Gasteiger charge is -2.31. The lowest BCUT2D eigenvalue weighted by atomic mass is 9.99. The van der Waals surface area contributed by atoms with Crippen molar-refractivity contribution in [3.8, 4) is 0 Å². The average molecular weight is 436 g/mol. The topological polar surface area (TPSA) is 97.2 Å². The summed E-state index contributed by atoms with van der Waals surface area (Å²) in [6.07, 6.45) is 5.46. The van der Waals surface area contributed by atoms with Crippen LogP contribution in [-0.4, -0.2) is 46.5 Å². The molecule has 2 aliphatic rings. The van der Waals surface area contributed by atoms with E-state index >= 15 is 0 Å². The van der Waals surface area contributed by atoms with Crippen LogP contribution in [0.15, 0.2) is 29.2 Å². The molecule has 30 heavy (non-hydrogen) atoms. The van der Waals surface area contributed by atoms with Crippen molar-refractivity contribution < 1.29 is 17.6 Å². The van der Waals surface area contributed by atoms with Gasteiger partial charge in [-0.15, -0.1) is 10.2 Å². The second-order valence-electron chi connectivity index (χ2n) is 7.87. The van der Waals surface area contributed by atoms with Gasteiger partial charge in [-0.25, -0.2) is 12.8 Å². The maximum atomic E-state index is 13.1. The van der Waals surface area contributed by atoms with Crippen LogP contribution >= 0.6 is 0 Å². The van der Waals surface area contributed by atoms with Crippen LogP contribution in [-0.2, 0) is 34.3 Å². The van der Waals surface area contributed by atoms with Gasteiger partial charge in [-0.2, -0.15) is 4.31 Å². The fourth-order valence-corrected chi connectivity index (χ4v) is 5.64. The molecule has 0 saturated carbocycles. The van der Waals surface area contributed by atoms with Crippen LogP contribution in [0.25, 0.3) is 0 Å². The molecule has 0 aliphatic carbocycles. The zero-order valence-electron chi connectivity index (χ0n) is 16.8. The van der Waals surface area contributed by atoms with Gasteiger partial charge >= 0.3 is 0 Å². The number of sulfonamides is 1. The lowest BCUT2D eigenvalue weighted by molar-refractivity contribution is -0.126. The summed E-state index contributed by atoms with van der Waals surface area (Å²) in [5.74, 6) is 0.606. The van der Waals surface area contributed by atoms with E-state index in [4.69, 9.17) is 0 Å². The number of hydrogen-bond donors (Lipinski definition) is 1. The van der Waals surface area contributed by atoms with Crippen LogP contribution in [0.2, 0.25) is 0 Å². The van der Waals surface area contributed by atoms with Crippen LogP contribution in [0.5, 0.6) is 0 Å². The Bertz CT molecular complexity index is 1010. The van der Waals surface area contributed by atoms with Gasteiger partial charge in [-0.05, 0) is 49.9 Å². The summed E-state index contributed by atoms with van der Waals surface area (Å²) in [7, 11) is -3.76. The molecule has 1 unspecified atom stereocenters. The Kier molecular flexibility index (Phi) is 6.14. The molecule has 1 amide bonds. The maximum absolute atomic E-state index is 13.1. The van der Waals surface area contributed by atoms with Crippen LogP contribution in [0.1, 0.15) is 43.8 Å². The van der Waals surface area contributed by atoms with E-state index in [9.17, 15) is 17.6 Å². The van der Waals surface area contributed by atoms with Crippen molar-refractivity contribution in [1.82, 2.24) is 24.4 Å². The first-order chi connectivity index (χ1) is 14.4. The van der Waals surface area contributed by atoms with E-state index in [1.165, 1.54) is 16.4 Å². The molecule has 1 aromatic carbocycles. The summed E-state index contributed by atoms with van der Waals surface area (Å²) in [6.45, 7) is 1.61. The summed E-state index contributed by atoms with van der Waals surface area (Å²) >= 11 is 0. The van der Waals surface area contributed by atoms with Crippen molar-refractivity contribution >= 4 is 15.9 Å². The predicted molar refractivity (Wildman–Crippen MR) is 107 cm³/mol. The molecule has 162 valence electrons. The molecule has 4 rings (SSSR count). The third-order valence-electron chi connectivity index (χ3n) is 5.81. The van der Waals surface area contributed by atoms with Crippen LogP contribution < -0.4 is 5.32 Å². The smallest absolute Gasteiger partial charge is 0.243 e. The number of piperidine rings is 1. The number of fused-ring (bicyclic) bond motifs is 1. The SMILES string of the molecule is O=C(NCc1nnc2n1CCCCC2)C1CCCN(S(=O)(=O)c2ccc(F)cc2)C1. The number of halogens is 1. The van der Waals surface area contributed by atoms with Crippen LogP contribution in [0.3, 0.4) is 0 Å². The second-order valence-corrected chi connectivity index (χ2v) is 9.81. The van der Waals surface area contributed by atoms with Gasteiger partial charge in [0, 0.05) is 26.1 Å². The highest BCUT2D eigenvalue weighted by Crippen LogP contribution is 2.24. The normalized spacial score (nSPS) is 20.4. The number of carbonyl (C=O) groups is 1. The molecule has 1 N–H and O–H groups in total. The molecule has 1 atom stereocenters. The van der Waals surface area contributed by atoms with E-state index in [1.54, 1.807) is 0 Å². The number of aromatic nitrogens is 3. The van der Waals surface area contributed by atoms with Crippen molar-refractivity contribution in [2.24, 2.45) is 5.92 Å². The fraction of sp³-hybridized carbons (Fsp3) is 0.550. The molecule has 1 aromatic heterocycles. The molecule has 3 heterocycles. The number of nitrogens with one attached hydrogen (secondary N) is 1. The van der Waals surface area contributed by atoms with Gasteiger partial charge in [0.15, 0.2) is 5.82 Å². The zero-order chi connectivity index (χ0) is 21.1. The van der Waals surface area contributed by atoms with E-state index in [2.05, 4.69) is 20.1 Å². The average Bonchev–Trinajstić information content (AvgIpc) is 2.98. The van der Waals surface area contributed by atoms with Gasteiger partial charge in [0.25, 0.3) is 0 Å². The summed E-state index contributed by atoms with van der Waals surface area (Å²) in [5.41, 5.74) is 0. The Hall–Kier alpha value is -2.33. The van der Waals surface area contributed by atoms with Crippen LogP contribution in [0.4, 0.5) is 4.39 Å². The van der Waals surface area contributed by atoms with E-state index in [1.807, 2.05) is 0 Å². The Labute approximate surface area is 175 Å². The van der Waals surface area contributed by atoms with Crippen molar-refractivity contribution in [1.29, 1.82) is 0 Å². The molecule has 1 fully saturated rings. The largest absolute Gasteiger partial charge is 0.349 e. The Morgan fingerprint density at radius 2 is 1.90 bits per heavy atom. The first-order valence-corrected chi connectivity index (χ1v) is 11.8. The summed E-state index contributed by atoms with van der Waals surface area (Å²) in [4.78, 5) is 12.8. The number of rotatable bonds is 5. The summed E-state index contributed by atoms with van der Waals surface area (Å²) in [6, 6.07) is 4.77. The lowest BCUT2D eigenvalue weighted by Crippen LogP contribution is -2.45. The van der Waals surface area contributed by atoms with Crippen molar-refractivity contribution in [2.45, 2.75) is 56.5 Å². The van der Waals surface area contributed by atoms with E-state index in [0.29, 0.717) is 19.4 Å². The van der Waals surface area contributed by atoms with Crippen molar-refractivity contribution in [3.63, 3.8) is 0 Å². The molecular formula is C20H26FN5O3S. The minimum atomic E-state index is -3.76. The van der Waals surface area contributed by atoms with Crippen molar-refractivity contribution in [3.05, 3.63) is 41.7 Å². The molecule has 1 saturated heterocycles. The first-order valence-electron chi connectivity index (χ1n) is 10.4. The molecule has 8 nitrogen and oxygen atoms in total. The number of nitrogens with zero attached hydrogens (tertiary/aromatic N) is 4. The highest BCUT2D eigenvalue weighted by molar-refractivity contribution is 7.89. The highest BCUT2D eigenvalue weighted by Gasteiger charge is 2.33. The van der Waals surface area contributed by atoms with Gasteiger partial charge in [-0.3, -0.25) is 4.79 Å². The second kappa shape index (κ2) is 8.81. The van der Waals surface area contributed by atoms with Gasteiger partial charge in [0.1, 0.15) is 11.6 Å². The highest BCUT2D eigenvalue weighted by atomic mass is 32.2. The summed E-state index contributed by atoms with van der Waals surface area (Å²) in [5, 5.41) is 11.4. The van der Waals surface area contributed by atoms with Gasteiger partial charge in [0.05, 0.1) is 17.4 Å². The molecule has 0 radical (unpaired) electrons. The molecule has 0 bridgehead atoms. The molecule has 2 aromatic rings. The maximum Gasteiger partial charge on any atom is 0.243 e. The zero-order valence-corrected chi connectivity index (χ0v) is 17.6. The molecule has 0 spiro atoms. The number of hydrogen-bond acceptors (Lipinski definition) is 5. The minimum Gasteiger partial charge on any atom is -0.349 e. The molecular weight excluding hydrogens is 409 g/mol. The van der Waals surface area contributed by atoms with Gasteiger partial charge in [-0.1, -0.05) is 6.42 Å². The molecule has 2 aliphatic heterocycles. The first kappa shape index (κ1) is 20.9. The van der Waals surface area contributed by atoms with Crippen molar-refractivity contribution in [2.75, 3.05) is 13.1 Å². The summed E-state index contributed by atoms with van der Waals surface area (Å²) < 4.78 is 42.2. The van der Waals surface area contributed by atoms with E-state index < -0.39 is 21.8 Å².